The molecule has 1 amide bonds. The number of anilines is 1. The molecular formula is C25H20N2O5. The van der Waals surface area contributed by atoms with Crippen LogP contribution in [0, 0.1) is 25.2 Å². The molecule has 4 rings (SSSR count). The van der Waals surface area contributed by atoms with Gasteiger partial charge in [-0.2, -0.15) is 5.26 Å². The maximum Gasteiger partial charge on any atom is 0.300 e. The second-order valence-electron chi connectivity index (χ2n) is 7.51. The average Bonchev–Trinajstić information content (AvgIpc) is 3.40. The molecule has 1 aliphatic heterocycles. The Labute approximate surface area is 184 Å². The van der Waals surface area contributed by atoms with Gasteiger partial charge in [0, 0.05) is 5.69 Å². The summed E-state index contributed by atoms with van der Waals surface area (Å²) in [5, 5.41) is 20.4. The summed E-state index contributed by atoms with van der Waals surface area (Å²) >= 11 is 0. The maximum atomic E-state index is 13.2. The third kappa shape index (κ3) is 3.32. The molecule has 7 nitrogen and oxygen atoms in total. The van der Waals surface area contributed by atoms with Crippen molar-refractivity contribution in [3.8, 4) is 11.8 Å². The molecule has 2 aromatic carbocycles. The van der Waals surface area contributed by atoms with Gasteiger partial charge in [0.25, 0.3) is 11.7 Å². The number of rotatable bonds is 4. The Morgan fingerprint density at radius 1 is 1.16 bits per heavy atom. The highest BCUT2D eigenvalue weighted by Crippen LogP contribution is 2.44. The number of aliphatic hydroxyl groups excluding tert-OH is 1. The number of benzene rings is 2. The van der Waals surface area contributed by atoms with Crippen LogP contribution in [-0.2, 0) is 9.59 Å². The Bertz CT molecular complexity index is 1280. The van der Waals surface area contributed by atoms with Crippen LogP contribution in [0.1, 0.15) is 34.1 Å². The van der Waals surface area contributed by atoms with Gasteiger partial charge >= 0.3 is 0 Å². The molecule has 1 aromatic heterocycles. The van der Waals surface area contributed by atoms with Gasteiger partial charge in [-0.3, -0.25) is 14.5 Å². The quantitative estimate of drug-likeness (QED) is 0.375. The lowest BCUT2D eigenvalue weighted by Crippen LogP contribution is -2.29. The van der Waals surface area contributed by atoms with E-state index in [-0.39, 0.29) is 11.3 Å². The van der Waals surface area contributed by atoms with Gasteiger partial charge in [-0.1, -0.05) is 6.07 Å². The first-order valence-corrected chi connectivity index (χ1v) is 9.87. The number of aryl methyl sites for hydroxylation is 2. The number of furan rings is 1. The Kier molecular flexibility index (Phi) is 5.29. The largest absolute Gasteiger partial charge is 0.507 e. The highest BCUT2D eigenvalue weighted by Gasteiger charge is 2.48. The Hall–Kier alpha value is -4.31. The predicted octanol–water partition coefficient (Wildman–Crippen LogP) is 4.40. The van der Waals surface area contributed by atoms with Crippen LogP contribution < -0.4 is 9.64 Å². The number of hydrogen-bond donors (Lipinski definition) is 1. The van der Waals surface area contributed by atoms with Crippen molar-refractivity contribution in [2.75, 3.05) is 12.0 Å². The van der Waals surface area contributed by atoms with E-state index >= 15 is 0 Å². The van der Waals surface area contributed by atoms with Crippen molar-refractivity contribution in [2.45, 2.75) is 19.9 Å². The summed E-state index contributed by atoms with van der Waals surface area (Å²) in [5.41, 5.74) is 2.68. The minimum absolute atomic E-state index is 0.0994. The molecule has 3 aromatic rings. The SMILES string of the molecule is COc1c(C)cc(C)cc1/C(O)=C1/C(=O)C(=O)N(c2ccc(C#N)cc2)C1c1ccco1. The number of carbonyl (C=O) groups excluding carboxylic acids is 2. The lowest BCUT2D eigenvalue weighted by atomic mass is 9.96. The normalized spacial score (nSPS) is 17.4. The fraction of sp³-hybridized carbons (Fsp3) is 0.160. The number of nitriles is 1. The lowest BCUT2D eigenvalue weighted by molar-refractivity contribution is -0.132. The van der Waals surface area contributed by atoms with Crippen molar-refractivity contribution in [3.63, 3.8) is 0 Å². The fourth-order valence-electron chi connectivity index (χ4n) is 4.06. The highest BCUT2D eigenvalue weighted by molar-refractivity contribution is 6.51. The van der Waals surface area contributed by atoms with Crippen molar-refractivity contribution in [1.82, 2.24) is 0 Å². The number of methoxy groups -OCH3 is 1. The molecule has 160 valence electrons. The van der Waals surface area contributed by atoms with E-state index in [2.05, 4.69) is 0 Å². The van der Waals surface area contributed by atoms with Crippen LogP contribution in [0.3, 0.4) is 0 Å². The third-order valence-electron chi connectivity index (χ3n) is 5.41. The van der Waals surface area contributed by atoms with Crippen molar-refractivity contribution < 1.29 is 23.8 Å². The van der Waals surface area contributed by atoms with Crippen molar-refractivity contribution in [2.24, 2.45) is 0 Å². The van der Waals surface area contributed by atoms with Crippen molar-refractivity contribution in [1.29, 1.82) is 5.26 Å². The summed E-state index contributed by atoms with van der Waals surface area (Å²) in [5.74, 6) is -1.26. The number of amides is 1. The van der Waals surface area contributed by atoms with Gasteiger partial charge in [0.1, 0.15) is 23.3 Å². The Morgan fingerprint density at radius 2 is 1.88 bits per heavy atom. The van der Waals surface area contributed by atoms with E-state index in [0.717, 1.165) is 11.1 Å². The zero-order chi connectivity index (χ0) is 23.0. The molecule has 1 fully saturated rings. The minimum atomic E-state index is -0.983. The summed E-state index contributed by atoms with van der Waals surface area (Å²) in [7, 11) is 1.48. The summed E-state index contributed by atoms with van der Waals surface area (Å²) in [6.07, 6.45) is 1.44. The van der Waals surface area contributed by atoms with Crippen molar-refractivity contribution in [3.05, 3.63) is 88.4 Å². The molecule has 1 N–H and O–H groups in total. The smallest absolute Gasteiger partial charge is 0.300 e. The maximum absolute atomic E-state index is 13.2. The fourth-order valence-corrected chi connectivity index (χ4v) is 4.06. The predicted molar refractivity (Wildman–Crippen MR) is 117 cm³/mol. The van der Waals surface area contributed by atoms with Crippen LogP contribution >= 0.6 is 0 Å². The van der Waals surface area contributed by atoms with E-state index < -0.39 is 17.7 Å². The van der Waals surface area contributed by atoms with Crippen LogP contribution in [0.15, 0.2) is 64.8 Å². The molecule has 0 bridgehead atoms. The first kappa shape index (κ1) is 20.9. The van der Waals surface area contributed by atoms with Gasteiger partial charge in [-0.05, 0) is 67.4 Å². The number of nitrogens with zero attached hydrogens (tertiary/aromatic N) is 2. The van der Waals surface area contributed by atoms with E-state index in [9.17, 15) is 14.7 Å². The molecular weight excluding hydrogens is 408 g/mol. The van der Waals surface area contributed by atoms with Crippen LogP contribution in [-0.4, -0.2) is 23.9 Å². The molecule has 1 unspecified atom stereocenters. The van der Waals surface area contributed by atoms with Gasteiger partial charge in [-0.15, -0.1) is 0 Å². The molecule has 0 aliphatic carbocycles. The molecule has 1 atom stereocenters. The van der Waals surface area contributed by atoms with Gasteiger partial charge in [0.05, 0.1) is 36.1 Å². The second kappa shape index (κ2) is 8.08. The third-order valence-corrected chi connectivity index (χ3v) is 5.41. The number of ether oxygens (including phenoxy) is 1. The Balaban J connectivity index is 1.96. The lowest BCUT2D eigenvalue weighted by Gasteiger charge is -2.23. The second-order valence-corrected chi connectivity index (χ2v) is 7.51. The zero-order valence-corrected chi connectivity index (χ0v) is 17.7. The van der Waals surface area contributed by atoms with Gasteiger partial charge < -0.3 is 14.3 Å². The van der Waals surface area contributed by atoms with E-state index in [1.165, 1.54) is 18.3 Å². The van der Waals surface area contributed by atoms with Gasteiger partial charge in [0.15, 0.2) is 0 Å². The number of ketones is 1. The molecule has 0 spiro atoms. The number of carbonyl (C=O) groups is 2. The minimum Gasteiger partial charge on any atom is -0.507 e. The van der Waals surface area contributed by atoms with E-state index in [1.807, 2.05) is 26.0 Å². The van der Waals surface area contributed by atoms with Gasteiger partial charge in [-0.25, -0.2) is 0 Å². The van der Waals surface area contributed by atoms with Crippen LogP contribution in [0.2, 0.25) is 0 Å². The monoisotopic (exact) mass is 428 g/mol. The molecule has 0 saturated carbocycles. The van der Waals surface area contributed by atoms with Gasteiger partial charge in [0.2, 0.25) is 0 Å². The molecule has 1 aliphatic rings. The van der Waals surface area contributed by atoms with Crippen LogP contribution in [0.25, 0.3) is 5.76 Å². The molecule has 0 radical (unpaired) electrons. The zero-order valence-electron chi connectivity index (χ0n) is 17.7. The average molecular weight is 428 g/mol. The van der Waals surface area contributed by atoms with Crippen LogP contribution in [0.5, 0.6) is 5.75 Å². The summed E-state index contributed by atoms with van der Waals surface area (Å²) in [4.78, 5) is 27.5. The van der Waals surface area contributed by atoms with Crippen molar-refractivity contribution >= 4 is 23.1 Å². The molecule has 1 saturated heterocycles. The number of hydrogen-bond acceptors (Lipinski definition) is 6. The number of Topliss-reactive ketones (excluding diaryl/α,β-unsaturated/α-hetero) is 1. The highest BCUT2D eigenvalue weighted by atomic mass is 16.5. The molecule has 2 heterocycles. The standard InChI is InChI=1S/C25H20N2O5/c1-14-11-15(2)24(31-3)18(12-14)22(28)20-21(19-5-4-10-32-19)27(25(30)23(20)29)17-8-6-16(13-26)7-9-17/h4-12,21,28H,1-3H3/b22-20-. The first-order valence-electron chi connectivity index (χ1n) is 9.87. The Morgan fingerprint density at radius 3 is 2.47 bits per heavy atom. The summed E-state index contributed by atoms with van der Waals surface area (Å²) in [6.45, 7) is 3.70. The molecule has 32 heavy (non-hydrogen) atoms. The van der Waals surface area contributed by atoms with Crippen LogP contribution in [0.4, 0.5) is 5.69 Å². The van der Waals surface area contributed by atoms with E-state index in [1.54, 1.807) is 42.5 Å². The summed E-state index contributed by atoms with van der Waals surface area (Å²) in [6, 6.07) is 14.2. The first-order chi connectivity index (χ1) is 15.4. The summed E-state index contributed by atoms with van der Waals surface area (Å²) < 4.78 is 11.0. The number of aliphatic hydroxyl groups is 1. The molecule has 7 heteroatoms. The topological polar surface area (TPSA) is 104 Å². The van der Waals surface area contributed by atoms with E-state index in [4.69, 9.17) is 14.4 Å². The van der Waals surface area contributed by atoms with E-state index in [0.29, 0.717) is 28.3 Å².